The van der Waals surface area contributed by atoms with Crippen LogP contribution in [0.5, 0.6) is 0 Å². The van der Waals surface area contributed by atoms with Crippen molar-refractivity contribution in [2.24, 2.45) is 0 Å². The lowest BCUT2D eigenvalue weighted by Gasteiger charge is -2.04. The van der Waals surface area contributed by atoms with Crippen LogP contribution in [0, 0.1) is 0 Å². The van der Waals surface area contributed by atoms with Gasteiger partial charge in [0.05, 0.1) is 13.0 Å². The summed E-state index contributed by atoms with van der Waals surface area (Å²) in [6, 6.07) is 7.56. The highest BCUT2D eigenvalue weighted by Crippen LogP contribution is 2.04. The zero-order valence-corrected chi connectivity index (χ0v) is 8.44. The normalized spacial score (nSPS) is 10.2. The van der Waals surface area contributed by atoms with E-state index >= 15 is 0 Å². The van der Waals surface area contributed by atoms with E-state index in [9.17, 15) is 4.79 Å². The first-order chi connectivity index (χ1) is 7.22. The molecule has 1 aromatic rings. The van der Waals surface area contributed by atoms with Crippen LogP contribution in [0.1, 0.15) is 17.5 Å². The Morgan fingerprint density at radius 2 is 2.07 bits per heavy atom. The molecule has 4 nitrogen and oxygen atoms in total. The Kier molecular flexibility index (Phi) is 4.80. The lowest BCUT2D eigenvalue weighted by atomic mass is 10.1. The molecule has 0 spiro atoms. The van der Waals surface area contributed by atoms with Crippen molar-refractivity contribution in [1.29, 1.82) is 0 Å². The number of aliphatic hydroxyl groups excluding tert-OH is 1. The van der Waals surface area contributed by atoms with E-state index in [1.807, 2.05) is 24.3 Å². The average Bonchev–Trinajstić information content (AvgIpc) is 2.24. The molecule has 82 valence electrons. The largest absolute Gasteiger partial charge is 0.481 e. The predicted octanol–water partition coefficient (Wildman–Crippen LogP) is 0.743. The van der Waals surface area contributed by atoms with Gasteiger partial charge < -0.3 is 15.5 Å². The van der Waals surface area contributed by atoms with Gasteiger partial charge in [0.25, 0.3) is 0 Å². The molecule has 0 atom stereocenters. The minimum atomic E-state index is -0.799. The Morgan fingerprint density at radius 3 is 2.73 bits per heavy atom. The van der Waals surface area contributed by atoms with E-state index in [2.05, 4.69) is 5.32 Å². The molecule has 1 aromatic carbocycles. The Bertz CT molecular complexity index is 325. The van der Waals surface area contributed by atoms with Crippen LogP contribution in [0.3, 0.4) is 0 Å². The van der Waals surface area contributed by atoms with Gasteiger partial charge in [0.1, 0.15) is 0 Å². The zero-order chi connectivity index (χ0) is 11.1. The molecule has 3 N–H and O–H groups in total. The summed E-state index contributed by atoms with van der Waals surface area (Å²) in [6.07, 6.45) is 0.125. The Hall–Kier alpha value is -1.39. The molecule has 0 aliphatic rings. The lowest BCUT2D eigenvalue weighted by molar-refractivity contribution is -0.136. The van der Waals surface area contributed by atoms with Crippen LogP contribution in [0.2, 0.25) is 0 Å². The first-order valence-corrected chi connectivity index (χ1v) is 4.83. The molecule has 0 fully saturated rings. The van der Waals surface area contributed by atoms with Gasteiger partial charge in [-0.15, -0.1) is 0 Å². The van der Waals surface area contributed by atoms with Crippen molar-refractivity contribution in [3.05, 3.63) is 35.4 Å². The quantitative estimate of drug-likeness (QED) is 0.604. The third kappa shape index (κ3) is 4.58. The van der Waals surface area contributed by atoms with Crippen molar-refractivity contribution in [2.45, 2.75) is 19.6 Å². The molecule has 0 bridgehead atoms. The molecular weight excluding hydrogens is 194 g/mol. The van der Waals surface area contributed by atoms with Crippen molar-refractivity contribution >= 4 is 5.97 Å². The second-order valence-corrected chi connectivity index (χ2v) is 3.30. The summed E-state index contributed by atoms with van der Waals surface area (Å²) in [5, 5.41) is 20.3. The van der Waals surface area contributed by atoms with Crippen molar-refractivity contribution < 1.29 is 15.0 Å². The standard InChI is InChI=1S/C11H15NO3/c13-8-10-3-1-2-9(6-10)7-12-5-4-11(14)15/h1-3,6,12-13H,4-5,7-8H2,(H,14,15). The minimum Gasteiger partial charge on any atom is -0.481 e. The topological polar surface area (TPSA) is 69.6 Å². The Balaban J connectivity index is 2.33. The lowest BCUT2D eigenvalue weighted by Crippen LogP contribution is -2.17. The van der Waals surface area contributed by atoms with Gasteiger partial charge in [0, 0.05) is 13.1 Å². The molecule has 15 heavy (non-hydrogen) atoms. The van der Waals surface area contributed by atoms with E-state index in [0.29, 0.717) is 13.1 Å². The van der Waals surface area contributed by atoms with E-state index in [1.54, 1.807) is 0 Å². The molecule has 0 amide bonds. The van der Waals surface area contributed by atoms with E-state index in [0.717, 1.165) is 11.1 Å². The number of carbonyl (C=O) groups is 1. The molecule has 0 aromatic heterocycles. The van der Waals surface area contributed by atoms with Gasteiger partial charge in [-0.1, -0.05) is 24.3 Å². The SMILES string of the molecule is O=C(O)CCNCc1cccc(CO)c1. The second-order valence-electron chi connectivity index (χ2n) is 3.30. The van der Waals surface area contributed by atoms with Crippen molar-refractivity contribution in [1.82, 2.24) is 5.32 Å². The second kappa shape index (κ2) is 6.16. The van der Waals surface area contributed by atoms with Crippen LogP contribution in [-0.4, -0.2) is 22.7 Å². The highest BCUT2D eigenvalue weighted by Gasteiger charge is 1.97. The van der Waals surface area contributed by atoms with Crippen LogP contribution >= 0.6 is 0 Å². The predicted molar refractivity (Wildman–Crippen MR) is 56.3 cm³/mol. The number of hydrogen-bond acceptors (Lipinski definition) is 3. The minimum absolute atomic E-state index is 0.0307. The summed E-state index contributed by atoms with van der Waals surface area (Å²) in [6.45, 7) is 1.11. The third-order valence-electron chi connectivity index (χ3n) is 2.02. The van der Waals surface area contributed by atoms with Gasteiger partial charge in [-0.2, -0.15) is 0 Å². The molecule has 4 heteroatoms. The van der Waals surface area contributed by atoms with Crippen molar-refractivity contribution in [3.8, 4) is 0 Å². The smallest absolute Gasteiger partial charge is 0.304 e. The molecular formula is C11H15NO3. The summed E-state index contributed by atoms with van der Waals surface area (Å²) in [5.41, 5.74) is 1.92. The summed E-state index contributed by atoms with van der Waals surface area (Å²) >= 11 is 0. The van der Waals surface area contributed by atoms with Crippen LogP contribution in [0.15, 0.2) is 24.3 Å². The van der Waals surface area contributed by atoms with Gasteiger partial charge in [-0.25, -0.2) is 0 Å². The van der Waals surface area contributed by atoms with E-state index in [-0.39, 0.29) is 13.0 Å². The fraction of sp³-hybridized carbons (Fsp3) is 0.364. The Labute approximate surface area is 88.6 Å². The maximum absolute atomic E-state index is 10.2. The van der Waals surface area contributed by atoms with Gasteiger partial charge in [0.2, 0.25) is 0 Å². The number of carboxylic acids is 1. The van der Waals surface area contributed by atoms with Crippen LogP contribution in [-0.2, 0) is 17.9 Å². The molecule has 0 saturated carbocycles. The molecule has 0 radical (unpaired) electrons. The van der Waals surface area contributed by atoms with E-state index in [4.69, 9.17) is 10.2 Å². The third-order valence-corrected chi connectivity index (χ3v) is 2.02. The number of rotatable bonds is 6. The molecule has 0 heterocycles. The van der Waals surface area contributed by atoms with Gasteiger partial charge >= 0.3 is 5.97 Å². The maximum atomic E-state index is 10.2. The van der Waals surface area contributed by atoms with Crippen LogP contribution < -0.4 is 5.32 Å². The molecule has 0 unspecified atom stereocenters. The van der Waals surface area contributed by atoms with Gasteiger partial charge in [-0.3, -0.25) is 4.79 Å². The van der Waals surface area contributed by atoms with Crippen LogP contribution in [0.25, 0.3) is 0 Å². The zero-order valence-electron chi connectivity index (χ0n) is 8.44. The number of aliphatic hydroxyl groups is 1. The number of aliphatic carboxylic acids is 1. The fourth-order valence-electron chi connectivity index (χ4n) is 1.27. The summed E-state index contributed by atoms with van der Waals surface area (Å²) in [5.74, 6) is -0.799. The number of nitrogens with one attached hydrogen (secondary N) is 1. The van der Waals surface area contributed by atoms with Gasteiger partial charge in [-0.05, 0) is 11.1 Å². The first-order valence-electron chi connectivity index (χ1n) is 4.83. The summed E-state index contributed by atoms with van der Waals surface area (Å²) < 4.78 is 0. The maximum Gasteiger partial charge on any atom is 0.304 e. The average molecular weight is 209 g/mol. The van der Waals surface area contributed by atoms with Gasteiger partial charge in [0.15, 0.2) is 0 Å². The van der Waals surface area contributed by atoms with Crippen LogP contribution in [0.4, 0.5) is 0 Å². The number of hydrogen-bond donors (Lipinski definition) is 3. The molecule has 0 aliphatic heterocycles. The van der Waals surface area contributed by atoms with E-state index in [1.165, 1.54) is 0 Å². The van der Waals surface area contributed by atoms with Crippen molar-refractivity contribution in [3.63, 3.8) is 0 Å². The highest BCUT2D eigenvalue weighted by atomic mass is 16.4. The molecule has 0 aliphatic carbocycles. The fourth-order valence-corrected chi connectivity index (χ4v) is 1.27. The van der Waals surface area contributed by atoms with Crippen molar-refractivity contribution in [2.75, 3.05) is 6.54 Å². The number of benzene rings is 1. The summed E-state index contributed by atoms with van der Waals surface area (Å²) in [4.78, 5) is 10.2. The highest BCUT2D eigenvalue weighted by molar-refractivity contribution is 5.66. The summed E-state index contributed by atoms with van der Waals surface area (Å²) in [7, 11) is 0. The van der Waals surface area contributed by atoms with E-state index < -0.39 is 5.97 Å². The molecule has 0 saturated heterocycles. The monoisotopic (exact) mass is 209 g/mol. The molecule has 1 rings (SSSR count). The Morgan fingerprint density at radius 1 is 1.33 bits per heavy atom. The number of carboxylic acid groups (broad SMARTS) is 1. The first kappa shape index (κ1) is 11.7.